The third kappa shape index (κ3) is 4.78. The van der Waals surface area contributed by atoms with Crippen molar-refractivity contribution < 1.29 is 14.3 Å². The van der Waals surface area contributed by atoms with Crippen LogP contribution in [0.4, 0.5) is 0 Å². The first-order valence-corrected chi connectivity index (χ1v) is 6.68. The van der Waals surface area contributed by atoms with E-state index in [0.717, 1.165) is 12.8 Å². The number of carbonyl (C=O) groups excluding carboxylic acids is 1. The van der Waals surface area contributed by atoms with Crippen molar-refractivity contribution in [2.75, 3.05) is 13.2 Å². The molecule has 0 aliphatic heterocycles. The van der Waals surface area contributed by atoms with Gasteiger partial charge in [-0.05, 0) is 25.5 Å². The van der Waals surface area contributed by atoms with Crippen LogP contribution < -0.4 is 4.74 Å². The maximum Gasteiger partial charge on any atom is 0.341 e. The Labute approximate surface area is 109 Å². The Morgan fingerprint density at radius 2 is 1.89 bits per heavy atom. The molecule has 0 aliphatic carbocycles. The fourth-order valence-electron chi connectivity index (χ4n) is 1.69. The second kappa shape index (κ2) is 8.56. The molecule has 1 rings (SSSR count). The quantitative estimate of drug-likeness (QED) is 0.519. The van der Waals surface area contributed by atoms with Crippen LogP contribution in [0, 0.1) is 0 Å². The summed E-state index contributed by atoms with van der Waals surface area (Å²) < 4.78 is 10.6. The van der Waals surface area contributed by atoms with E-state index < -0.39 is 0 Å². The van der Waals surface area contributed by atoms with E-state index in [1.165, 1.54) is 12.8 Å². The number of carbonyl (C=O) groups is 1. The largest absolute Gasteiger partial charge is 0.493 e. The molecule has 0 atom stereocenters. The number of hydrogen-bond donors (Lipinski definition) is 0. The first kappa shape index (κ1) is 14.6. The molecule has 0 aliphatic rings. The zero-order chi connectivity index (χ0) is 13.2. The molecule has 1 aromatic carbocycles. The van der Waals surface area contributed by atoms with Gasteiger partial charge in [0.15, 0.2) is 0 Å². The summed E-state index contributed by atoms with van der Waals surface area (Å²) in [5.41, 5.74) is 0.509. The predicted molar refractivity (Wildman–Crippen MR) is 72.0 cm³/mol. The van der Waals surface area contributed by atoms with Gasteiger partial charge < -0.3 is 9.47 Å². The average molecular weight is 250 g/mol. The Balaban J connectivity index is 2.45. The summed E-state index contributed by atoms with van der Waals surface area (Å²) in [6.07, 6.45) is 4.40. The molecule has 0 N–H and O–H groups in total. The summed E-state index contributed by atoms with van der Waals surface area (Å²) in [4.78, 5) is 11.9. The van der Waals surface area contributed by atoms with Gasteiger partial charge in [0.25, 0.3) is 0 Å². The van der Waals surface area contributed by atoms with Crippen molar-refractivity contribution in [2.45, 2.75) is 39.5 Å². The summed E-state index contributed by atoms with van der Waals surface area (Å²) >= 11 is 0. The fourth-order valence-corrected chi connectivity index (χ4v) is 1.69. The lowest BCUT2D eigenvalue weighted by atomic mass is 10.2. The van der Waals surface area contributed by atoms with Gasteiger partial charge in [-0.15, -0.1) is 0 Å². The molecule has 18 heavy (non-hydrogen) atoms. The van der Waals surface area contributed by atoms with Crippen molar-refractivity contribution in [3.63, 3.8) is 0 Å². The number of esters is 1. The summed E-state index contributed by atoms with van der Waals surface area (Å²) in [7, 11) is 0. The van der Waals surface area contributed by atoms with Crippen LogP contribution in [0.25, 0.3) is 0 Å². The molecule has 0 amide bonds. The minimum absolute atomic E-state index is 0.296. The number of hydrogen-bond acceptors (Lipinski definition) is 3. The lowest BCUT2D eigenvalue weighted by Crippen LogP contribution is -2.09. The molecule has 0 saturated carbocycles. The lowest BCUT2D eigenvalue weighted by Gasteiger charge is -2.09. The summed E-state index contributed by atoms with van der Waals surface area (Å²) in [5.74, 6) is 0.300. The van der Waals surface area contributed by atoms with Crippen LogP contribution in [-0.2, 0) is 4.74 Å². The number of ether oxygens (including phenoxy) is 2. The highest BCUT2D eigenvalue weighted by Crippen LogP contribution is 2.19. The molecule has 0 aromatic heterocycles. The van der Waals surface area contributed by atoms with Crippen molar-refractivity contribution in [2.24, 2.45) is 0 Å². The van der Waals surface area contributed by atoms with Gasteiger partial charge in [0.05, 0.1) is 13.2 Å². The molecular weight excluding hydrogens is 228 g/mol. The van der Waals surface area contributed by atoms with Gasteiger partial charge in [-0.25, -0.2) is 4.79 Å². The van der Waals surface area contributed by atoms with Crippen molar-refractivity contribution in [1.82, 2.24) is 0 Å². The normalized spacial score (nSPS) is 10.1. The van der Waals surface area contributed by atoms with E-state index in [2.05, 4.69) is 6.92 Å². The SMILES string of the molecule is CCCCCCOC(=O)c1ccccc1OCC. The first-order chi connectivity index (χ1) is 8.79. The van der Waals surface area contributed by atoms with Crippen LogP contribution in [0.2, 0.25) is 0 Å². The van der Waals surface area contributed by atoms with Crippen molar-refractivity contribution in [1.29, 1.82) is 0 Å². The maximum absolute atomic E-state index is 11.9. The first-order valence-electron chi connectivity index (χ1n) is 6.68. The highest BCUT2D eigenvalue weighted by atomic mass is 16.5. The maximum atomic E-state index is 11.9. The van der Waals surface area contributed by atoms with E-state index >= 15 is 0 Å². The van der Waals surface area contributed by atoms with E-state index in [9.17, 15) is 4.79 Å². The van der Waals surface area contributed by atoms with Crippen molar-refractivity contribution in [3.8, 4) is 5.75 Å². The van der Waals surface area contributed by atoms with Crippen LogP contribution in [0.1, 0.15) is 49.9 Å². The van der Waals surface area contributed by atoms with Crippen LogP contribution in [0.3, 0.4) is 0 Å². The predicted octanol–water partition coefficient (Wildman–Crippen LogP) is 3.82. The number of unbranched alkanes of at least 4 members (excludes halogenated alkanes) is 3. The van der Waals surface area contributed by atoms with Gasteiger partial charge in [0.1, 0.15) is 11.3 Å². The number of benzene rings is 1. The van der Waals surface area contributed by atoms with Crippen LogP contribution in [-0.4, -0.2) is 19.2 Å². The molecule has 0 spiro atoms. The van der Waals surface area contributed by atoms with E-state index in [1.807, 2.05) is 19.1 Å². The number of para-hydroxylation sites is 1. The summed E-state index contributed by atoms with van der Waals surface area (Å²) in [5, 5.41) is 0. The molecule has 0 fully saturated rings. The second-order valence-corrected chi connectivity index (χ2v) is 4.13. The van der Waals surface area contributed by atoms with Crippen LogP contribution in [0.5, 0.6) is 5.75 Å². The average Bonchev–Trinajstić information content (AvgIpc) is 2.39. The molecular formula is C15H22O3. The third-order valence-corrected chi connectivity index (χ3v) is 2.64. The molecule has 0 saturated heterocycles. The fraction of sp³-hybridized carbons (Fsp3) is 0.533. The van der Waals surface area contributed by atoms with Crippen molar-refractivity contribution >= 4 is 5.97 Å². The molecule has 0 unspecified atom stereocenters. The van der Waals surface area contributed by atoms with E-state index in [4.69, 9.17) is 9.47 Å². The minimum Gasteiger partial charge on any atom is -0.493 e. The Bertz CT molecular complexity index is 361. The third-order valence-electron chi connectivity index (χ3n) is 2.64. The second-order valence-electron chi connectivity index (χ2n) is 4.13. The van der Waals surface area contributed by atoms with Crippen LogP contribution in [0.15, 0.2) is 24.3 Å². The van der Waals surface area contributed by atoms with Gasteiger partial charge in [0, 0.05) is 0 Å². The molecule has 1 aromatic rings. The Hall–Kier alpha value is -1.51. The van der Waals surface area contributed by atoms with Crippen molar-refractivity contribution in [3.05, 3.63) is 29.8 Å². The molecule has 100 valence electrons. The molecule has 0 bridgehead atoms. The van der Waals surface area contributed by atoms with E-state index in [-0.39, 0.29) is 5.97 Å². The highest BCUT2D eigenvalue weighted by Gasteiger charge is 2.12. The van der Waals surface area contributed by atoms with Gasteiger partial charge in [0.2, 0.25) is 0 Å². The Morgan fingerprint density at radius 1 is 1.11 bits per heavy atom. The van der Waals surface area contributed by atoms with E-state index in [1.54, 1.807) is 12.1 Å². The van der Waals surface area contributed by atoms with Crippen LogP contribution >= 0.6 is 0 Å². The minimum atomic E-state index is -0.296. The standard InChI is InChI=1S/C15H22O3/c1-3-5-6-9-12-18-15(16)13-10-7-8-11-14(13)17-4-2/h7-8,10-11H,3-6,9,12H2,1-2H3. The van der Waals surface area contributed by atoms with E-state index in [0.29, 0.717) is 24.5 Å². The lowest BCUT2D eigenvalue weighted by molar-refractivity contribution is 0.0493. The molecule has 0 heterocycles. The smallest absolute Gasteiger partial charge is 0.341 e. The topological polar surface area (TPSA) is 35.5 Å². The molecule has 3 heteroatoms. The molecule has 3 nitrogen and oxygen atoms in total. The molecule has 0 radical (unpaired) electrons. The van der Waals surface area contributed by atoms with Gasteiger partial charge in [-0.1, -0.05) is 38.3 Å². The van der Waals surface area contributed by atoms with Gasteiger partial charge in [-0.2, -0.15) is 0 Å². The zero-order valence-electron chi connectivity index (χ0n) is 11.3. The van der Waals surface area contributed by atoms with Gasteiger partial charge in [-0.3, -0.25) is 0 Å². The monoisotopic (exact) mass is 250 g/mol. The highest BCUT2D eigenvalue weighted by molar-refractivity contribution is 5.92. The number of rotatable bonds is 8. The zero-order valence-corrected chi connectivity index (χ0v) is 11.3. The Morgan fingerprint density at radius 3 is 2.61 bits per heavy atom. The van der Waals surface area contributed by atoms with Gasteiger partial charge >= 0.3 is 5.97 Å². The Kier molecular flexibility index (Phi) is 6.92. The summed E-state index contributed by atoms with van der Waals surface area (Å²) in [6.45, 7) is 5.08. The summed E-state index contributed by atoms with van der Waals surface area (Å²) in [6, 6.07) is 7.19.